The number of carbonyl (C=O) groups is 2. The molecule has 0 radical (unpaired) electrons. The molecule has 1 N–H and O–H groups in total. The van der Waals surface area contributed by atoms with Crippen molar-refractivity contribution in [2.45, 2.75) is 13.8 Å². The maximum absolute atomic E-state index is 13.6. The van der Waals surface area contributed by atoms with Gasteiger partial charge in [-0.1, -0.05) is 29.8 Å². The number of anilines is 2. The summed E-state index contributed by atoms with van der Waals surface area (Å²) in [6.45, 7) is 4.39. The molecule has 1 aliphatic rings. The van der Waals surface area contributed by atoms with Gasteiger partial charge in [-0.05, 0) is 43.7 Å². The molecule has 0 aromatic heterocycles. The Hall–Kier alpha value is -4.26. The molecule has 7 nitrogen and oxygen atoms in total. The molecule has 3 aromatic carbocycles. The molecule has 2 amide bonds. The van der Waals surface area contributed by atoms with Gasteiger partial charge in [-0.2, -0.15) is 0 Å². The van der Waals surface area contributed by atoms with E-state index >= 15 is 0 Å². The lowest BCUT2D eigenvalue weighted by Gasteiger charge is -2.16. The minimum absolute atomic E-state index is 0.179. The fraction of sp³-hybridized carbons (Fsp3) is 0.185. The highest BCUT2D eigenvalue weighted by Gasteiger charge is 2.40. The van der Waals surface area contributed by atoms with E-state index in [1.54, 1.807) is 56.7 Å². The van der Waals surface area contributed by atoms with Crippen molar-refractivity contribution < 1.29 is 23.8 Å². The van der Waals surface area contributed by atoms with Crippen molar-refractivity contribution in [2.24, 2.45) is 0 Å². The molecule has 0 bridgehead atoms. The van der Waals surface area contributed by atoms with Gasteiger partial charge in [0.2, 0.25) is 0 Å². The summed E-state index contributed by atoms with van der Waals surface area (Å²) in [6.07, 6.45) is 0. The summed E-state index contributed by atoms with van der Waals surface area (Å²) in [4.78, 5) is 28.3. The number of benzene rings is 3. The minimum atomic E-state index is -0.452. The van der Waals surface area contributed by atoms with Gasteiger partial charge in [0, 0.05) is 23.9 Å². The maximum atomic E-state index is 13.6. The van der Waals surface area contributed by atoms with E-state index in [0.717, 1.165) is 5.56 Å². The Morgan fingerprint density at radius 3 is 1.97 bits per heavy atom. The second-order valence-corrected chi connectivity index (χ2v) is 7.71. The Labute approximate surface area is 198 Å². The van der Waals surface area contributed by atoms with Crippen LogP contribution in [0.15, 0.2) is 72.4 Å². The summed E-state index contributed by atoms with van der Waals surface area (Å²) < 4.78 is 16.2. The Balaban J connectivity index is 1.78. The van der Waals surface area contributed by atoms with Gasteiger partial charge in [0.15, 0.2) is 0 Å². The van der Waals surface area contributed by atoms with Gasteiger partial charge in [-0.25, -0.2) is 4.90 Å². The zero-order chi connectivity index (χ0) is 24.2. The highest BCUT2D eigenvalue weighted by Crippen LogP contribution is 2.36. The fourth-order valence-corrected chi connectivity index (χ4v) is 3.75. The number of ether oxygens (including phenoxy) is 3. The highest BCUT2D eigenvalue weighted by atomic mass is 16.5. The number of rotatable bonds is 8. The van der Waals surface area contributed by atoms with Crippen LogP contribution in [0.1, 0.15) is 18.1 Å². The van der Waals surface area contributed by atoms with Gasteiger partial charge < -0.3 is 19.5 Å². The van der Waals surface area contributed by atoms with Crippen molar-refractivity contribution in [2.75, 3.05) is 31.0 Å². The van der Waals surface area contributed by atoms with E-state index in [4.69, 9.17) is 14.2 Å². The number of hydrogen-bond donors (Lipinski definition) is 1. The van der Waals surface area contributed by atoms with E-state index in [2.05, 4.69) is 5.32 Å². The standard InChI is InChI=1S/C27H26N2O5/c1-5-34-21-12-10-20(11-13-21)29-26(30)24(18-8-6-17(2)7-9-18)25(27(29)31)28-19-14-22(32-3)16-23(15-19)33-4/h6-16,28H,5H2,1-4H3. The Morgan fingerprint density at radius 1 is 0.794 bits per heavy atom. The summed E-state index contributed by atoms with van der Waals surface area (Å²) in [5, 5.41) is 3.15. The average molecular weight is 459 g/mol. The summed E-state index contributed by atoms with van der Waals surface area (Å²) >= 11 is 0. The van der Waals surface area contributed by atoms with Crippen LogP contribution in [0.5, 0.6) is 17.2 Å². The van der Waals surface area contributed by atoms with E-state index in [-0.39, 0.29) is 5.70 Å². The van der Waals surface area contributed by atoms with Gasteiger partial charge >= 0.3 is 0 Å². The number of carbonyl (C=O) groups excluding carboxylic acids is 2. The normalized spacial score (nSPS) is 13.4. The first-order chi connectivity index (χ1) is 16.4. The molecule has 1 heterocycles. The summed E-state index contributed by atoms with van der Waals surface area (Å²) in [7, 11) is 3.10. The molecule has 0 saturated heterocycles. The SMILES string of the molecule is CCOc1ccc(N2C(=O)C(Nc3cc(OC)cc(OC)c3)=C(c3ccc(C)cc3)C2=O)cc1. The quantitative estimate of drug-likeness (QED) is 0.489. The number of hydrogen-bond acceptors (Lipinski definition) is 6. The van der Waals surface area contributed by atoms with Crippen molar-refractivity contribution in [1.29, 1.82) is 0 Å². The van der Waals surface area contributed by atoms with Crippen molar-refractivity contribution in [3.8, 4) is 17.2 Å². The zero-order valence-corrected chi connectivity index (χ0v) is 19.5. The second kappa shape index (κ2) is 9.70. The first-order valence-corrected chi connectivity index (χ1v) is 10.9. The molecule has 0 atom stereocenters. The number of aryl methyl sites for hydroxylation is 1. The van der Waals surface area contributed by atoms with Crippen LogP contribution < -0.4 is 24.4 Å². The molecule has 0 unspecified atom stereocenters. The van der Waals surface area contributed by atoms with Crippen LogP contribution in [-0.2, 0) is 9.59 Å². The summed E-state index contributed by atoms with van der Waals surface area (Å²) in [6, 6.07) is 19.6. The number of amides is 2. The molecule has 4 rings (SSSR count). The van der Waals surface area contributed by atoms with Gasteiger partial charge in [0.25, 0.3) is 11.8 Å². The third kappa shape index (κ3) is 4.45. The summed E-state index contributed by atoms with van der Waals surface area (Å²) in [5.41, 5.74) is 3.19. The third-order valence-corrected chi connectivity index (χ3v) is 5.45. The van der Waals surface area contributed by atoms with Gasteiger partial charge in [-0.15, -0.1) is 0 Å². The lowest BCUT2D eigenvalue weighted by atomic mass is 10.0. The number of nitrogens with zero attached hydrogens (tertiary/aromatic N) is 1. The van der Waals surface area contributed by atoms with E-state index in [9.17, 15) is 9.59 Å². The Kier molecular flexibility index (Phi) is 6.54. The van der Waals surface area contributed by atoms with Gasteiger partial charge in [0.1, 0.15) is 22.9 Å². The zero-order valence-electron chi connectivity index (χ0n) is 19.5. The Bertz CT molecular complexity index is 1220. The average Bonchev–Trinajstić information content (AvgIpc) is 3.09. The van der Waals surface area contributed by atoms with Crippen LogP contribution in [0.4, 0.5) is 11.4 Å². The molecule has 7 heteroatoms. The van der Waals surface area contributed by atoms with Gasteiger partial charge in [0.05, 0.1) is 32.1 Å². The monoisotopic (exact) mass is 458 g/mol. The molecule has 0 saturated carbocycles. The lowest BCUT2D eigenvalue weighted by Crippen LogP contribution is -2.32. The fourth-order valence-electron chi connectivity index (χ4n) is 3.75. The minimum Gasteiger partial charge on any atom is -0.497 e. The highest BCUT2D eigenvalue weighted by molar-refractivity contribution is 6.46. The number of methoxy groups -OCH3 is 2. The van der Waals surface area contributed by atoms with Crippen molar-refractivity contribution in [3.05, 3.63) is 83.6 Å². The molecule has 34 heavy (non-hydrogen) atoms. The first-order valence-electron chi connectivity index (χ1n) is 10.9. The van der Waals surface area contributed by atoms with E-state index < -0.39 is 11.8 Å². The van der Waals surface area contributed by atoms with Crippen molar-refractivity contribution in [3.63, 3.8) is 0 Å². The number of nitrogens with one attached hydrogen (secondary N) is 1. The molecule has 0 aliphatic carbocycles. The topological polar surface area (TPSA) is 77.1 Å². The van der Waals surface area contributed by atoms with E-state index in [1.165, 1.54) is 4.90 Å². The smallest absolute Gasteiger partial charge is 0.282 e. The molecule has 174 valence electrons. The van der Waals surface area contributed by atoms with Crippen LogP contribution in [0.3, 0.4) is 0 Å². The predicted molar refractivity (Wildman–Crippen MR) is 131 cm³/mol. The second-order valence-electron chi connectivity index (χ2n) is 7.71. The van der Waals surface area contributed by atoms with Crippen LogP contribution >= 0.6 is 0 Å². The molecule has 0 spiro atoms. The molecule has 0 fully saturated rings. The molecular weight excluding hydrogens is 432 g/mol. The van der Waals surface area contributed by atoms with Crippen LogP contribution in [0.25, 0.3) is 5.57 Å². The predicted octanol–water partition coefficient (Wildman–Crippen LogP) is 4.81. The molecular formula is C27H26N2O5. The molecule has 1 aliphatic heterocycles. The van der Waals surface area contributed by atoms with Crippen LogP contribution in [0, 0.1) is 6.92 Å². The lowest BCUT2D eigenvalue weighted by molar-refractivity contribution is -0.120. The van der Waals surface area contributed by atoms with E-state index in [0.29, 0.717) is 46.4 Å². The largest absolute Gasteiger partial charge is 0.497 e. The van der Waals surface area contributed by atoms with E-state index in [1.807, 2.05) is 38.1 Å². The van der Waals surface area contributed by atoms with Crippen LogP contribution in [0.2, 0.25) is 0 Å². The van der Waals surface area contributed by atoms with Crippen molar-refractivity contribution >= 4 is 28.8 Å². The summed E-state index contributed by atoms with van der Waals surface area (Å²) in [5.74, 6) is 0.916. The van der Waals surface area contributed by atoms with Gasteiger partial charge in [-0.3, -0.25) is 9.59 Å². The maximum Gasteiger partial charge on any atom is 0.282 e. The third-order valence-electron chi connectivity index (χ3n) is 5.45. The first kappa shape index (κ1) is 22.9. The van der Waals surface area contributed by atoms with Crippen LogP contribution in [-0.4, -0.2) is 32.6 Å². The van der Waals surface area contributed by atoms with Crippen molar-refractivity contribution in [1.82, 2.24) is 0 Å². The number of imide groups is 1. The Morgan fingerprint density at radius 2 is 1.41 bits per heavy atom. The molecule has 3 aromatic rings.